The van der Waals surface area contributed by atoms with E-state index in [1.807, 2.05) is 0 Å². The number of carboxylic acid groups (broad SMARTS) is 1. The van der Waals surface area contributed by atoms with Gasteiger partial charge in [0, 0.05) is 12.2 Å². The first-order valence-electron chi connectivity index (χ1n) is 4.88. The fraction of sp³-hybridized carbons (Fsp3) is 0.273. The molecule has 0 spiro atoms. The normalized spacial score (nSPS) is 20.2. The molecule has 5 heteroatoms. The van der Waals surface area contributed by atoms with Gasteiger partial charge in [-0.2, -0.15) is 0 Å². The fourth-order valence-electron chi connectivity index (χ4n) is 1.71. The molecule has 1 fully saturated rings. The molecule has 2 rings (SSSR count). The second kappa shape index (κ2) is 4.25. The highest BCUT2D eigenvalue weighted by molar-refractivity contribution is 9.10. The van der Waals surface area contributed by atoms with Crippen LogP contribution in [0.1, 0.15) is 16.8 Å². The standard InChI is InChI=1S/C11H10BrNO3/c12-9-4-5-13(10(9)14)8-3-1-2-7(6-8)11(15)16/h1-3,6,9H,4-5H2,(H,15,16). The van der Waals surface area contributed by atoms with E-state index in [1.165, 1.54) is 12.1 Å². The molecule has 1 aromatic carbocycles. The Morgan fingerprint density at radius 1 is 1.50 bits per heavy atom. The number of carbonyl (C=O) groups is 2. The molecule has 0 aromatic heterocycles. The lowest BCUT2D eigenvalue weighted by atomic mass is 10.2. The number of alkyl halides is 1. The molecular formula is C11H10BrNO3. The number of hydrogen-bond acceptors (Lipinski definition) is 2. The number of aromatic carboxylic acids is 1. The molecule has 0 aliphatic carbocycles. The molecule has 0 bridgehead atoms. The van der Waals surface area contributed by atoms with Crippen molar-refractivity contribution in [2.75, 3.05) is 11.4 Å². The van der Waals surface area contributed by atoms with Crippen molar-refractivity contribution in [3.63, 3.8) is 0 Å². The Hall–Kier alpha value is -1.36. The van der Waals surface area contributed by atoms with E-state index < -0.39 is 5.97 Å². The van der Waals surface area contributed by atoms with Crippen molar-refractivity contribution < 1.29 is 14.7 Å². The van der Waals surface area contributed by atoms with Gasteiger partial charge in [-0.05, 0) is 24.6 Å². The van der Waals surface area contributed by atoms with Crippen LogP contribution in [0.2, 0.25) is 0 Å². The fourth-order valence-corrected chi connectivity index (χ4v) is 2.16. The summed E-state index contributed by atoms with van der Waals surface area (Å²) in [5.74, 6) is -0.994. The summed E-state index contributed by atoms with van der Waals surface area (Å²) >= 11 is 3.28. The third-order valence-corrected chi connectivity index (χ3v) is 3.39. The van der Waals surface area contributed by atoms with Gasteiger partial charge in [-0.25, -0.2) is 4.79 Å². The van der Waals surface area contributed by atoms with E-state index in [0.29, 0.717) is 12.2 Å². The van der Waals surface area contributed by atoms with Gasteiger partial charge in [0.05, 0.1) is 10.4 Å². The average Bonchev–Trinajstić information content (AvgIpc) is 2.60. The minimum Gasteiger partial charge on any atom is -0.478 e. The summed E-state index contributed by atoms with van der Waals surface area (Å²) in [6.45, 7) is 0.623. The number of amides is 1. The van der Waals surface area contributed by atoms with Crippen LogP contribution in [0.15, 0.2) is 24.3 Å². The maximum absolute atomic E-state index is 11.7. The molecule has 0 radical (unpaired) electrons. The number of carboxylic acids is 1. The quantitative estimate of drug-likeness (QED) is 0.844. The van der Waals surface area contributed by atoms with Crippen molar-refractivity contribution in [3.05, 3.63) is 29.8 Å². The molecule has 1 aliphatic heterocycles. The SMILES string of the molecule is O=C(O)c1cccc(N2CCC(Br)C2=O)c1. The number of halogens is 1. The summed E-state index contributed by atoms with van der Waals surface area (Å²) < 4.78 is 0. The molecule has 1 amide bonds. The van der Waals surface area contributed by atoms with Gasteiger partial charge in [-0.1, -0.05) is 22.0 Å². The van der Waals surface area contributed by atoms with Gasteiger partial charge in [-0.3, -0.25) is 4.79 Å². The van der Waals surface area contributed by atoms with Crippen molar-refractivity contribution >= 4 is 33.5 Å². The molecule has 0 saturated carbocycles. The molecule has 1 aliphatic rings. The molecule has 84 valence electrons. The zero-order chi connectivity index (χ0) is 11.7. The number of carbonyl (C=O) groups excluding carboxylic acids is 1. The van der Waals surface area contributed by atoms with E-state index in [1.54, 1.807) is 17.0 Å². The lowest BCUT2D eigenvalue weighted by Gasteiger charge is -2.16. The molecule has 1 aromatic rings. The molecule has 4 nitrogen and oxygen atoms in total. The van der Waals surface area contributed by atoms with Gasteiger partial charge < -0.3 is 10.0 Å². The number of rotatable bonds is 2. The Labute approximate surface area is 101 Å². The van der Waals surface area contributed by atoms with E-state index in [0.717, 1.165) is 6.42 Å². The van der Waals surface area contributed by atoms with Crippen LogP contribution in [0.5, 0.6) is 0 Å². The van der Waals surface area contributed by atoms with Crippen molar-refractivity contribution in [2.24, 2.45) is 0 Å². The lowest BCUT2D eigenvalue weighted by Crippen LogP contribution is -2.27. The van der Waals surface area contributed by atoms with Gasteiger partial charge in [0.25, 0.3) is 0 Å². The predicted molar refractivity (Wildman–Crippen MR) is 63.1 cm³/mol. The summed E-state index contributed by atoms with van der Waals surface area (Å²) in [6, 6.07) is 6.42. The number of hydrogen-bond donors (Lipinski definition) is 1. The zero-order valence-corrected chi connectivity index (χ0v) is 9.98. The minimum atomic E-state index is -0.983. The van der Waals surface area contributed by atoms with Crippen molar-refractivity contribution in [3.8, 4) is 0 Å². The largest absolute Gasteiger partial charge is 0.478 e. The van der Waals surface area contributed by atoms with Crippen molar-refractivity contribution in [1.29, 1.82) is 0 Å². The van der Waals surface area contributed by atoms with E-state index in [4.69, 9.17) is 5.11 Å². The van der Waals surface area contributed by atoms with E-state index >= 15 is 0 Å². The summed E-state index contributed by atoms with van der Waals surface area (Å²) in [6.07, 6.45) is 0.746. The molecule has 1 unspecified atom stereocenters. The first-order valence-corrected chi connectivity index (χ1v) is 5.80. The van der Waals surface area contributed by atoms with Crippen LogP contribution in [-0.4, -0.2) is 28.4 Å². The van der Waals surface area contributed by atoms with Gasteiger partial charge in [-0.15, -0.1) is 0 Å². The minimum absolute atomic E-state index is 0.0115. The summed E-state index contributed by atoms with van der Waals surface area (Å²) in [4.78, 5) is 24.0. The smallest absolute Gasteiger partial charge is 0.335 e. The Morgan fingerprint density at radius 3 is 2.81 bits per heavy atom. The highest BCUT2D eigenvalue weighted by Gasteiger charge is 2.30. The Kier molecular flexibility index (Phi) is 2.96. The number of benzene rings is 1. The third kappa shape index (κ3) is 1.95. The average molecular weight is 284 g/mol. The Morgan fingerprint density at radius 2 is 2.25 bits per heavy atom. The third-order valence-electron chi connectivity index (χ3n) is 2.54. The van der Waals surface area contributed by atoms with Crippen LogP contribution in [0.25, 0.3) is 0 Å². The molecule has 1 atom stereocenters. The van der Waals surface area contributed by atoms with Crippen LogP contribution in [-0.2, 0) is 4.79 Å². The summed E-state index contributed by atoms with van der Waals surface area (Å²) in [7, 11) is 0. The van der Waals surface area contributed by atoms with Crippen LogP contribution >= 0.6 is 15.9 Å². The zero-order valence-electron chi connectivity index (χ0n) is 8.39. The van der Waals surface area contributed by atoms with Crippen LogP contribution < -0.4 is 4.90 Å². The molecule has 1 saturated heterocycles. The van der Waals surface area contributed by atoms with Crippen LogP contribution in [0.3, 0.4) is 0 Å². The molecule has 1 heterocycles. The number of nitrogens with zero attached hydrogens (tertiary/aromatic N) is 1. The summed E-state index contributed by atoms with van der Waals surface area (Å²) in [5, 5.41) is 8.86. The predicted octanol–water partition coefficient (Wildman–Crippen LogP) is 1.89. The van der Waals surface area contributed by atoms with Gasteiger partial charge in [0.1, 0.15) is 0 Å². The second-order valence-corrected chi connectivity index (χ2v) is 4.71. The van der Waals surface area contributed by atoms with E-state index in [2.05, 4.69) is 15.9 Å². The first kappa shape index (κ1) is 11.1. The summed E-state index contributed by atoms with van der Waals surface area (Å²) in [5.41, 5.74) is 0.843. The molecule has 1 N–H and O–H groups in total. The highest BCUT2D eigenvalue weighted by atomic mass is 79.9. The highest BCUT2D eigenvalue weighted by Crippen LogP contribution is 2.25. The molecular weight excluding hydrogens is 274 g/mol. The van der Waals surface area contributed by atoms with Crippen molar-refractivity contribution in [2.45, 2.75) is 11.2 Å². The first-order chi connectivity index (χ1) is 7.59. The van der Waals surface area contributed by atoms with Gasteiger partial charge >= 0.3 is 5.97 Å². The maximum atomic E-state index is 11.7. The number of anilines is 1. The van der Waals surface area contributed by atoms with Gasteiger partial charge in [0.2, 0.25) is 5.91 Å². The monoisotopic (exact) mass is 283 g/mol. The second-order valence-electron chi connectivity index (χ2n) is 3.60. The Bertz CT molecular complexity index is 447. The van der Waals surface area contributed by atoms with Crippen LogP contribution in [0, 0.1) is 0 Å². The topological polar surface area (TPSA) is 57.6 Å². The molecule has 16 heavy (non-hydrogen) atoms. The lowest BCUT2D eigenvalue weighted by molar-refractivity contribution is -0.116. The van der Waals surface area contributed by atoms with E-state index in [-0.39, 0.29) is 16.3 Å². The van der Waals surface area contributed by atoms with Gasteiger partial charge in [0.15, 0.2) is 0 Å². The van der Waals surface area contributed by atoms with Crippen molar-refractivity contribution in [1.82, 2.24) is 0 Å². The van der Waals surface area contributed by atoms with Crippen LogP contribution in [0.4, 0.5) is 5.69 Å². The maximum Gasteiger partial charge on any atom is 0.335 e. The Balaban J connectivity index is 2.31. The van der Waals surface area contributed by atoms with E-state index in [9.17, 15) is 9.59 Å².